The fourth-order valence-electron chi connectivity index (χ4n) is 4.04. The summed E-state index contributed by atoms with van der Waals surface area (Å²) in [5.74, 6) is -0.486. The molecule has 0 spiro atoms. The highest BCUT2D eigenvalue weighted by Crippen LogP contribution is 2.36. The maximum atomic E-state index is 12.9. The first-order valence-corrected chi connectivity index (χ1v) is 11.9. The van der Waals surface area contributed by atoms with Crippen molar-refractivity contribution in [1.29, 1.82) is 0 Å². The summed E-state index contributed by atoms with van der Waals surface area (Å²) in [6, 6.07) is 10.2. The van der Waals surface area contributed by atoms with E-state index >= 15 is 0 Å². The third-order valence-electron chi connectivity index (χ3n) is 5.95. The lowest BCUT2D eigenvalue weighted by Crippen LogP contribution is -2.40. The summed E-state index contributed by atoms with van der Waals surface area (Å²) in [7, 11) is 0. The van der Waals surface area contributed by atoms with Gasteiger partial charge in [0.1, 0.15) is 10.8 Å². The first kappa shape index (κ1) is 25.4. The highest BCUT2D eigenvalue weighted by molar-refractivity contribution is 6.43. The summed E-state index contributed by atoms with van der Waals surface area (Å²) in [6.07, 6.45) is 2.94. The van der Waals surface area contributed by atoms with Gasteiger partial charge in [-0.25, -0.2) is 9.78 Å². The summed E-state index contributed by atoms with van der Waals surface area (Å²) in [6.45, 7) is 2.14. The largest absolute Gasteiger partial charge is 0.465 e. The van der Waals surface area contributed by atoms with E-state index in [9.17, 15) is 19.5 Å². The first-order chi connectivity index (χ1) is 17.2. The van der Waals surface area contributed by atoms with Crippen LogP contribution in [0.2, 0.25) is 10.2 Å². The Balaban J connectivity index is 1.45. The average molecular weight is 528 g/mol. The molecular formula is C25H23Cl2N5O4. The second-order valence-electron chi connectivity index (χ2n) is 8.41. The van der Waals surface area contributed by atoms with Gasteiger partial charge in [-0.3, -0.25) is 14.6 Å². The monoisotopic (exact) mass is 527 g/mol. The highest BCUT2D eigenvalue weighted by Gasteiger charge is 2.25. The number of pyridine rings is 2. The molecule has 1 atom stereocenters. The molecule has 9 nitrogen and oxygen atoms in total. The van der Waals surface area contributed by atoms with Gasteiger partial charge in [-0.15, -0.1) is 0 Å². The molecule has 1 fully saturated rings. The minimum atomic E-state index is -1.09. The van der Waals surface area contributed by atoms with Gasteiger partial charge in [0.05, 0.1) is 11.6 Å². The molecule has 1 aliphatic heterocycles. The van der Waals surface area contributed by atoms with E-state index in [1.54, 1.807) is 36.5 Å². The summed E-state index contributed by atoms with van der Waals surface area (Å²) < 4.78 is 0. The molecule has 36 heavy (non-hydrogen) atoms. The SMILES string of the molecule is Cc1c(NC(=O)c2ccc(CN(CC3CCC(=O)N3)C(=O)O)cn2)cccc1-c1ccnc(Cl)c1Cl. The minimum Gasteiger partial charge on any atom is -0.465 e. The molecule has 4 rings (SSSR count). The fraction of sp³-hybridized carbons (Fsp3) is 0.240. The number of nitrogens with zero attached hydrogens (tertiary/aromatic N) is 3. The number of aromatic nitrogens is 2. The molecule has 11 heteroatoms. The Kier molecular flexibility index (Phi) is 7.71. The third-order valence-corrected chi connectivity index (χ3v) is 6.71. The van der Waals surface area contributed by atoms with E-state index in [0.29, 0.717) is 34.7 Å². The molecule has 3 amide bonds. The van der Waals surface area contributed by atoms with Gasteiger partial charge in [0.2, 0.25) is 5.91 Å². The van der Waals surface area contributed by atoms with Gasteiger partial charge in [-0.05, 0) is 48.2 Å². The smallest absolute Gasteiger partial charge is 0.407 e. The molecule has 0 bridgehead atoms. The van der Waals surface area contributed by atoms with E-state index in [2.05, 4.69) is 20.6 Å². The molecular weight excluding hydrogens is 505 g/mol. The topological polar surface area (TPSA) is 125 Å². The Morgan fingerprint density at radius 3 is 2.64 bits per heavy atom. The molecule has 3 aromatic rings. The van der Waals surface area contributed by atoms with E-state index in [0.717, 1.165) is 11.1 Å². The van der Waals surface area contributed by atoms with Gasteiger partial charge >= 0.3 is 6.09 Å². The van der Waals surface area contributed by atoms with Crippen LogP contribution in [0.3, 0.4) is 0 Å². The molecule has 3 heterocycles. The predicted molar refractivity (Wildman–Crippen MR) is 136 cm³/mol. The number of rotatable bonds is 7. The van der Waals surface area contributed by atoms with E-state index in [4.69, 9.17) is 23.2 Å². The maximum Gasteiger partial charge on any atom is 0.407 e. The molecule has 0 aliphatic carbocycles. The standard InChI is InChI=1S/C25H23Cl2N5O4/c1-14-17(18-9-10-28-23(27)22(18)26)3-2-4-19(14)31-24(34)20-7-5-15(11-29-20)12-32(25(35)36)13-16-6-8-21(33)30-16/h2-5,7,9-11,16H,6,8,12-13H2,1H3,(H,30,33)(H,31,34)(H,35,36). The van der Waals surface area contributed by atoms with Crippen molar-refractivity contribution < 1.29 is 19.5 Å². The van der Waals surface area contributed by atoms with Crippen LogP contribution in [0.5, 0.6) is 0 Å². The van der Waals surface area contributed by atoms with Gasteiger partial charge in [0.15, 0.2) is 0 Å². The Morgan fingerprint density at radius 1 is 1.17 bits per heavy atom. The normalized spacial score (nSPS) is 14.9. The number of hydrogen-bond acceptors (Lipinski definition) is 5. The van der Waals surface area contributed by atoms with Crippen molar-refractivity contribution in [3.05, 3.63) is 75.8 Å². The zero-order valence-corrected chi connectivity index (χ0v) is 20.8. The Labute approximate surface area is 217 Å². The Bertz CT molecular complexity index is 1320. The second-order valence-corrected chi connectivity index (χ2v) is 9.15. The second kappa shape index (κ2) is 10.9. The number of benzene rings is 1. The van der Waals surface area contributed by atoms with Crippen LogP contribution < -0.4 is 10.6 Å². The van der Waals surface area contributed by atoms with Crippen LogP contribution in [-0.4, -0.2) is 50.5 Å². The number of amides is 3. The molecule has 2 aromatic heterocycles. The zero-order valence-electron chi connectivity index (χ0n) is 19.3. The molecule has 1 saturated heterocycles. The molecule has 3 N–H and O–H groups in total. The number of carboxylic acid groups (broad SMARTS) is 1. The van der Waals surface area contributed by atoms with Crippen molar-refractivity contribution in [2.24, 2.45) is 0 Å². The first-order valence-electron chi connectivity index (χ1n) is 11.2. The van der Waals surface area contributed by atoms with Crippen LogP contribution in [0.1, 0.15) is 34.5 Å². The van der Waals surface area contributed by atoms with Gasteiger partial charge in [0, 0.05) is 42.7 Å². The van der Waals surface area contributed by atoms with E-state index in [1.165, 1.54) is 11.1 Å². The fourth-order valence-corrected chi connectivity index (χ4v) is 4.41. The lowest BCUT2D eigenvalue weighted by atomic mass is 10.00. The van der Waals surface area contributed by atoms with Crippen molar-refractivity contribution in [3.8, 4) is 11.1 Å². The average Bonchev–Trinajstić information content (AvgIpc) is 3.27. The summed E-state index contributed by atoms with van der Waals surface area (Å²) in [4.78, 5) is 45.3. The molecule has 1 aliphatic rings. The van der Waals surface area contributed by atoms with Crippen molar-refractivity contribution >= 4 is 46.8 Å². The minimum absolute atomic E-state index is 0.0733. The molecule has 0 saturated carbocycles. The number of anilines is 1. The van der Waals surface area contributed by atoms with Crippen LogP contribution in [0.25, 0.3) is 11.1 Å². The Hall–Kier alpha value is -3.69. The summed E-state index contributed by atoms with van der Waals surface area (Å²) >= 11 is 12.4. The van der Waals surface area contributed by atoms with Crippen LogP contribution in [0.15, 0.2) is 48.8 Å². The van der Waals surface area contributed by atoms with Crippen molar-refractivity contribution in [3.63, 3.8) is 0 Å². The van der Waals surface area contributed by atoms with E-state index < -0.39 is 12.0 Å². The number of carbonyl (C=O) groups excluding carboxylic acids is 2. The number of halogens is 2. The highest BCUT2D eigenvalue weighted by atomic mass is 35.5. The van der Waals surface area contributed by atoms with Gasteiger partial charge < -0.3 is 20.6 Å². The van der Waals surface area contributed by atoms with Crippen molar-refractivity contribution in [1.82, 2.24) is 20.2 Å². The summed E-state index contributed by atoms with van der Waals surface area (Å²) in [5.41, 5.74) is 3.69. The van der Waals surface area contributed by atoms with E-state index in [-0.39, 0.29) is 35.9 Å². The lowest BCUT2D eigenvalue weighted by molar-refractivity contribution is -0.119. The van der Waals surface area contributed by atoms with Crippen LogP contribution >= 0.6 is 23.2 Å². The van der Waals surface area contributed by atoms with Gasteiger partial charge in [0.25, 0.3) is 5.91 Å². The number of nitrogens with one attached hydrogen (secondary N) is 2. The Morgan fingerprint density at radius 2 is 1.97 bits per heavy atom. The lowest BCUT2D eigenvalue weighted by Gasteiger charge is -2.22. The van der Waals surface area contributed by atoms with Crippen molar-refractivity contribution in [2.45, 2.75) is 32.4 Å². The van der Waals surface area contributed by atoms with Gasteiger partial charge in [-0.1, -0.05) is 41.4 Å². The quantitative estimate of drug-likeness (QED) is 0.380. The number of hydrogen-bond donors (Lipinski definition) is 3. The maximum absolute atomic E-state index is 12.9. The van der Waals surface area contributed by atoms with Gasteiger partial charge in [-0.2, -0.15) is 0 Å². The van der Waals surface area contributed by atoms with E-state index in [1.807, 2.05) is 13.0 Å². The van der Waals surface area contributed by atoms with Crippen LogP contribution in [0, 0.1) is 6.92 Å². The molecule has 0 radical (unpaired) electrons. The predicted octanol–water partition coefficient (Wildman–Crippen LogP) is 4.77. The third kappa shape index (κ3) is 5.75. The molecule has 186 valence electrons. The summed E-state index contributed by atoms with van der Waals surface area (Å²) in [5, 5.41) is 15.7. The number of carbonyl (C=O) groups is 3. The molecule has 1 unspecified atom stereocenters. The van der Waals surface area contributed by atoms with Crippen LogP contribution in [0.4, 0.5) is 10.5 Å². The molecule has 1 aromatic carbocycles. The zero-order chi connectivity index (χ0) is 25.8. The van der Waals surface area contributed by atoms with Crippen LogP contribution in [-0.2, 0) is 11.3 Å². The van der Waals surface area contributed by atoms with Crippen molar-refractivity contribution in [2.75, 3.05) is 11.9 Å².